The van der Waals surface area contributed by atoms with Gasteiger partial charge < -0.3 is 5.32 Å². The van der Waals surface area contributed by atoms with Gasteiger partial charge in [-0.3, -0.25) is 0 Å². The summed E-state index contributed by atoms with van der Waals surface area (Å²) < 4.78 is 0. The fourth-order valence-corrected chi connectivity index (χ4v) is 2.45. The number of rotatable bonds is 1. The Labute approximate surface area is 63.2 Å². The molecule has 2 rings (SSSR count). The maximum atomic E-state index is 3.59. The summed E-state index contributed by atoms with van der Waals surface area (Å²) in [7, 11) is 0. The molecular formula is C9H17N. The van der Waals surface area contributed by atoms with Gasteiger partial charge in [0.2, 0.25) is 0 Å². The van der Waals surface area contributed by atoms with Crippen molar-refractivity contribution in [1.29, 1.82) is 0 Å². The molecule has 0 radical (unpaired) electrons. The molecule has 58 valence electrons. The summed E-state index contributed by atoms with van der Waals surface area (Å²) in [5.74, 6) is 1.03. The van der Waals surface area contributed by atoms with E-state index < -0.39 is 0 Å². The summed E-state index contributed by atoms with van der Waals surface area (Å²) in [6.45, 7) is 3.60. The molecule has 2 aliphatic rings. The Bertz CT molecular complexity index is 127. The molecule has 0 amide bonds. The topological polar surface area (TPSA) is 12.0 Å². The second-order valence-electron chi connectivity index (χ2n) is 3.97. The minimum atomic E-state index is 0.640. The number of hydrogen-bond acceptors (Lipinski definition) is 1. The van der Waals surface area contributed by atoms with Gasteiger partial charge in [-0.15, -0.1) is 0 Å². The molecule has 1 nitrogen and oxygen atoms in total. The Morgan fingerprint density at radius 3 is 2.60 bits per heavy atom. The zero-order chi connectivity index (χ0) is 7.03. The summed E-state index contributed by atoms with van der Waals surface area (Å²) >= 11 is 0. The maximum Gasteiger partial charge on any atom is 0.0196 e. The summed E-state index contributed by atoms with van der Waals surface area (Å²) in [6.07, 6.45) is 7.23. The SMILES string of the molecule is CCC1CCC2(CCN2)C1. The van der Waals surface area contributed by atoms with Gasteiger partial charge in [-0.1, -0.05) is 13.3 Å². The molecule has 0 bridgehead atoms. The first-order valence-corrected chi connectivity index (χ1v) is 4.60. The quantitative estimate of drug-likeness (QED) is 0.585. The van der Waals surface area contributed by atoms with E-state index >= 15 is 0 Å². The van der Waals surface area contributed by atoms with Crippen LogP contribution in [-0.2, 0) is 0 Å². The third-order valence-corrected chi connectivity index (χ3v) is 3.39. The highest BCUT2D eigenvalue weighted by Gasteiger charge is 2.42. The molecule has 1 heterocycles. The van der Waals surface area contributed by atoms with E-state index in [2.05, 4.69) is 12.2 Å². The molecule has 1 aliphatic heterocycles. The summed E-state index contributed by atoms with van der Waals surface area (Å²) in [4.78, 5) is 0. The van der Waals surface area contributed by atoms with Crippen LogP contribution in [0.2, 0.25) is 0 Å². The van der Waals surface area contributed by atoms with Crippen LogP contribution in [0.4, 0.5) is 0 Å². The van der Waals surface area contributed by atoms with Crippen LogP contribution in [0, 0.1) is 5.92 Å². The van der Waals surface area contributed by atoms with Gasteiger partial charge in [-0.05, 0) is 38.1 Å². The monoisotopic (exact) mass is 139 g/mol. The molecule has 2 atom stereocenters. The second kappa shape index (κ2) is 2.23. The second-order valence-corrected chi connectivity index (χ2v) is 3.97. The normalized spacial score (nSPS) is 45.9. The molecule has 0 aromatic heterocycles. The molecule has 1 N–H and O–H groups in total. The lowest BCUT2D eigenvalue weighted by Gasteiger charge is -2.40. The minimum absolute atomic E-state index is 0.640. The molecule has 0 aromatic carbocycles. The first kappa shape index (κ1) is 6.66. The summed E-state index contributed by atoms with van der Waals surface area (Å²) in [5.41, 5.74) is 0.640. The minimum Gasteiger partial charge on any atom is -0.311 e. The fraction of sp³-hybridized carbons (Fsp3) is 1.00. The smallest absolute Gasteiger partial charge is 0.0196 e. The average Bonchev–Trinajstić information content (AvgIpc) is 2.29. The van der Waals surface area contributed by atoms with Crippen LogP contribution < -0.4 is 5.32 Å². The van der Waals surface area contributed by atoms with E-state index in [4.69, 9.17) is 0 Å². The third-order valence-electron chi connectivity index (χ3n) is 3.39. The molecule has 2 unspecified atom stereocenters. The Morgan fingerprint density at radius 2 is 2.30 bits per heavy atom. The van der Waals surface area contributed by atoms with Crippen LogP contribution in [-0.4, -0.2) is 12.1 Å². The Balaban J connectivity index is 1.92. The number of hydrogen-bond donors (Lipinski definition) is 1. The molecule has 1 spiro atoms. The molecule has 1 aliphatic carbocycles. The van der Waals surface area contributed by atoms with Gasteiger partial charge in [-0.2, -0.15) is 0 Å². The van der Waals surface area contributed by atoms with E-state index in [-0.39, 0.29) is 0 Å². The van der Waals surface area contributed by atoms with Crippen molar-refractivity contribution in [1.82, 2.24) is 5.32 Å². The van der Waals surface area contributed by atoms with Crippen LogP contribution in [0.3, 0.4) is 0 Å². The van der Waals surface area contributed by atoms with Crippen molar-refractivity contribution < 1.29 is 0 Å². The highest BCUT2D eigenvalue weighted by Crippen LogP contribution is 2.41. The van der Waals surface area contributed by atoms with Crippen LogP contribution in [0.15, 0.2) is 0 Å². The van der Waals surface area contributed by atoms with Gasteiger partial charge in [0.1, 0.15) is 0 Å². The predicted molar refractivity (Wildman–Crippen MR) is 43.0 cm³/mol. The lowest BCUT2D eigenvalue weighted by Crippen LogP contribution is -2.55. The van der Waals surface area contributed by atoms with Crippen molar-refractivity contribution in [2.45, 2.75) is 44.6 Å². The lowest BCUT2D eigenvalue weighted by atomic mass is 9.85. The third kappa shape index (κ3) is 0.878. The molecule has 0 aromatic rings. The van der Waals surface area contributed by atoms with Gasteiger partial charge >= 0.3 is 0 Å². The Kier molecular flexibility index (Phi) is 1.48. The zero-order valence-electron chi connectivity index (χ0n) is 6.82. The summed E-state index contributed by atoms with van der Waals surface area (Å²) in [6, 6.07) is 0. The fourth-order valence-electron chi connectivity index (χ4n) is 2.45. The van der Waals surface area contributed by atoms with Crippen molar-refractivity contribution in [2.75, 3.05) is 6.54 Å². The standard InChI is InChI=1S/C9H17N/c1-2-8-3-4-9(7-8)5-6-10-9/h8,10H,2-7H2,1H3. The van der Waals surface area contributed by atoms with E-state index in [0.717, 1.165) is 5.92 Å². The van der Waals surface area contributed by atoms with Crippen molar-refractivity contribution in [3.8, 4) is 0 Å². The van der Waals surface area contributed by atoms with E-state index in [0.29, 0.717) is 5.54 Å². The predicted octanol–water partition coefficient (Wildman–Crippen LogP) is 1.93. The van der Waals surface area contributed by atoms with Crippen molar-refractivity contribution in [3.63, 3.8) is 0 Å². The Hall–Kier alpha value is -0.0400. The van der Waals surface area contributed by atoms with Crippen LogP contribution in [0.25, 0.3) is 0 Å². The van der Waals surface area contributed by atoms with Crippen molar-refractivity contribution in [3.05, 3.63) is 0 Å². The first-order valence-electron chi connectivity index (χ1n) is 4.60. The van der Waals surface area contributed by atoms with Crippen LogP contribution in [0.1, 0.15) is 39.0 Å². The molecule has 10 heavy (non-hydrogen) atoms. The van der Waals surface area contributed by atoms with E-state index in [9.17, 15) is 0 Å². The molecule has 1 saturated carbocycles. The van der Waals surface area contributed by atoms with E-state index in [1.54, 1.807) is 0 Å². The molecular weight excluding hydrogens is 122 g/mol. The van der Waals surface area contributed by atoms with Gasteiger partial charge in [0.25, 0.3) is 0 Å². The van der Waals surface area contributed by atoms with E-state index in [1.807, 2.05) is 0 Å². The maximum absolute atomic E-state index is 3.59. The lowest BCUT2D eigenvalue weighted by molar-refractivity contribution is 0.206. The number of nitrogens with one attached hydrogen (secondary N) is 1. The van der Waals surface area contributed by atoms with Crippen LogP contribution >= 0.6 is 0 Å². The van der Waals surface area contributed by atoms with Crippen molar-refractivity contribution >= 4 is 0 Å². The highest BCUT2D eigenvalue weighted by atomic mass is 15.1. The highest BCUT2D eigenvalue weighted by molar-refractivity contribution is 5.02. The van der Waals surface area contributed by atoms with Gasteiger partial charge in [0, 0.05) is 5.54 Å². The van der Waals surface area contributed by atoms with Gasteiger partial charge in [-0.25, -0.2) is 0 Å². The average molecular weight is 139 g/mol. The molecule has 1 heteroatoms. The van der Waals surface area contributed by atoms with Crippen LogP contribution in [0.5, 0.6) is 0 Å². The molecule has 1 saturated heterocycles. The van der Waals surface area contributed by atoms with Gasteiger partial charge in [0.05, 0.1) is 0 Å². The summed E-state index contributed by atoms with van der Waals surface area (Å²) in [5, 5.41) is 3.59. The first-order chi connectivity index (χ1) is 4.85. The van der Waals surface area contributed by atoms with Gasteiger partial charge in [0.15, 0.2) is 0 Å². The van der Waals surface area contributed by atoms with Crippen molar-refractivity contribution in [2.24, 2.45) is 5.92 Å². The van der Waals surface area contributed by atoms with E-state index in [1.165, 1.54) is 38.6 Å². The largest absolute Gasteiger partial charge is 0.311 e. The zero-order valence-corrected chi connectivity index (χ0v) is 6.82. The molecule has 2 fully saturated rings. The Morgan fingerprint density at radius 1 is 1.50 bits per heavy atom.